The summed E-state index contributed by atoms with van der Waals surface area (Å²) >= 11 is 0. The fourth-order valence-corrected chi connectivity index (χ4v) is 3.79. The second kappa shape index (κ2) is 6.38. The van der Waals surface area contributed by atoms with Gasteiger partial charge < -0.3 is 10.5 Å². The van der Waals surface area contributed by atoms with E-state index in [-0.39, 0.29) is 6.04 Å². The molecule has 2 saturated carbocycles. The Morgan fingerprint density at radius 1 is 1.00 bits per heavy atom. The van der Waals surface area contributed by atoms with Gasteiger partial charge in [0.2, 0.25) is 0 Å². The highest BCUT2D eigenvalue weighted by Crippen LogP contribution is 2.37. The molecule has 2 aliphatic carbocycles. The van der Waals surface area contributed by atoms with Crippen molar-refractivity contribution in [2.75, 3.05) is 0 Å². The second-order valence-electron chi connectivity index (χ2n) is 6.99. The fourth-order valence-electron chi connectivity index (χ4n) is 3.79. The van der Waals surface area contributed by atoms with Crippen LogP contribution in [0.1, 0.15) is 65.7 Å². The van der Waals surface area contributed by atoms with Crippen molar-refractivity contribution in [3.8, 4) is 0 Å². The SMILES string of the molecule is CC1CCC(C(C)C)C(OC2CCCCC2N)C1. The Balaban J connectivity index is 1.95. The Morgan fingerprint density at radius 2 is 1.72 bits per heavy atom. The van der Waals surface area contributed by atoms with Crippen molar-refractivity contribution in [1.29, 1.82) is 0 Å². The predicted molar refractivity (Wildman–Crippen MR) is 76.4 cm³/mol. The van der Waals surface area contributed by atoms with Gasteiger partial charge in [0.15, 0.2) is 0 Å². The summed E-state index contributed by atoms with van der Waals surface area (Å²) in [5.74, 6) is 2.31. The second-order valence-corrected chi connectivity index (χ2v) is 6.99. The molecule has 106 valence electrons. The van der Waals surface area contributed by atoms with E-state index in [9.17, 15) is 0 Å². The topological polar surface area (TPSA) is 35.2 Å². The van der Waals surface area contributed by atoms with Crippen LogP contribution in [0.25, 0.3) is 0 Å². The lowest BCUT2D eigenvalue weighted by Gasteiger charge is -2.41. The van der Waals surface area contributed by atoms with E-state index in [0.717, 1.165) is 24.2 Å². The quantitative estimate of drug-likeness (QED) is 0.831. The van der Waals surface area contributed by atoms with E-state index in [0.29, 0.717) is 12.2 Å². The molecule has 0 saturated heterocycles. The highest BCUT2D eigenvalue weighted by molar-refractivity contribution is 4.85. The van der Waals surface area contributed by atoms with Crippen LogP contribution in [0.5, 0.6) is 0 Å². The van der Waals surface area contributed by atoms with Gasteiger partial charge in [-0.25, -0.2) is 0 Å². The zero-order valence-corrected chi connectivity index (χ0v) is 12.4. The van der Waals surface area contributed by atoms with Crippen molar-refractivity contribution in [3.63, 3.8) is 0 Å². The molecule has 0 spiro atoms. The molecule has 2 nitrogen and oxygen atoms in total. The van der Waals surface area contributed by atoms with E-state index in [2.05, 4.69) is 20.8 Å². The number of hydrogen-bond donors (Lipinski definition) is 1. The van der Waals surface area contributed by atoms with Crippen molar-refractivity contribution in [2.24, 2.45) is 23.5 Å². The van der Waals surface area contributed by atoms with Gasteiger partial charge in [0.05, 0.1) is 12.2 Å². The van der Waals surface area contributed by atoms with E-state index in [1.54, 1.807) is 0 Å². The zero-order chi connectivity index (χ0) is 13.1. The molecule has 2 rings (SSSR count). The summed E-state index contributed by atoms with van der Waals surface area (Å²) in [6.07, 6.45) is 9.66. The van der Waals surface area contributed by atoms with Crippen LogP contribution in [-0.4, -0.2) is 18.2 Å². The maximum atomic E-state index is 6.46. The third-order valence-electron chi connectivity index (χ3n) is 5.06. The highest BCUT2D eigenvalue weighted by Gasteiger charge is 2.34. The molecule has 18 heavy (non-hydrogen) atoms. The monoisotopic (exact) mass is 253 g/mol. The molecule has 0 bridgehead atoms. The van der Waals surface area contributed by atoms with Gasteiger partial charge >= 0.3 is 0 Å². The van der Waals surface area contributed by atoms with Crippen LogP contribution in [0.15, 0.2) is 0 Å². The normalized spacial score (nSPS) is 42.2. The molecule has 0 heterocycles. The summed E-state index contributed by atoms with van der Waals surface area (Å²) in [6, 6.07) is 0.281. The van der Waals surface area contributed by atoms with Crippen molar-refractivity contribution >= 4 is 0 Å². The number of ether oxygens (including phenoxy) is 1. The van der Waals surface area contributed by atoms with Crippen LogP contribution in [0, 0.1) is 17.8 Å². The lowest BCUT2D eigenvalue weighted by atomic mass is 9.75. The summed E-state index contributed by atoms with van der Waals surface area (Å²) in [5, 5.41) is 0. The van der Waals surface area contributed by atoms with Crippen molar-refractivity contribution in [3.05, 3.63) is 0 Å². The molecule has 0 aliphatic heterocycles. The van der Waals surface area contributed by atoms with E-state index in [1.807, 2.05) is 0 Å². The van der Waals surface area contributed by atoms with Gasteiger partial charge in [0.1, 0.15) is 0 Å². The third kappa shape index (κ3) is 3.48. The first-order chi connectivity index (χ1) is 8.58. The van der Waals surface area contributed by atoms with Gasteiger partial charge in [-0.3, -0.25) is 0 Å². The molecule has 2 N–H and O–H groups in total. The Bertz CT molecular complexity index is 253. The first kappa shape index (κ1) is 14.3. The maximum Gasteiger partial charge on any atom is 0.0729 e. The molecule has 0 radical (unpaired) electrons. The molecule has 2 aliphatic rings. The summed E-state index contributed by atoms with van der Waals surface area (Å²) in [5.41, 5.74) is 6.23. The lowest BCUT2D eigenvalue weighted by molar-refractivity contribution is -0.0967. The smallest absolute Gasteiger partial charge is 0.0729 e. The number of nitrogens with two attached hydrogens (primary N) is 1. The molecule has 2 fully saturated rings. The number of hydrogen-bond acceptors (Lipinski definition) is 2. The average molecular weight is 253 g/mol. The van der Waals surface area contributed by atoms with Crippen molar-refractivity contribution in [2.45, 2.75) is 84.0 Å². The Labute approximate surface area is 113 Å². The predicted octanol–water partition coefficient (Wildman–Crippen LogP) is 3.73. The van der Waals surface area contributed by atoms with E-state index >= 15 is 0 Å². The molecule has 5 atom stereocenters. The minimum Gasteiger partial charge on any atom is -0.373 e. The van der Waals surface area contributed by atoms with Crippen LogP contribution in [-0.2, 0) is 4.74 Å². The zero-order valence-electron chi connectivity index (χ0n) is 12.4. The summed E-state index contributed by atoms with van der Waals surface area (Å²) in [6.45, 7) is 7.06. The maximum absolute atomic E-state index is 6.46. The van der Waals surface area contributed by atoms with Gasteiger partial charge in [-0.2, -0.15) is 0 Å². The van der Waals surface area contributed by atoms with Gasteiger partial charge in [-0.15, -0.1) is 0 Å². The first-order valence-electron chi connectivity index (χ1n) is 7.99. The van der Waals surface area contributed by atoms with Crippen molar-refractivity contribution < 1.29 is 4.74 Å². The third-order valence-corrected chi connectivity index (χ3v) is 5.06. The van der Waals surface area contributed by atoms with E-state index in [1.165, 1.54) is 38.5 Å². The first-order valence-corrected chi connectivity index (χ1v) is 7.99. The highest BCUT2D eigenvalue weighted by atomic mass is 16.5. The lowest BCUT2D eigenvalue weighted by Crippen LogP contribution is -2.45. The van der Waals surface area contributed by atoms with Crippen LogP contribution in [0.3, 0.4) is 0 Å². The van der Waals surface area contributed by atoms with E-state index < -0.39 is 0 Å². The molecule has 0 aromatic carbocycles. The summed E-state index contributed by atoms with van der Waals surface area (Å²) < 4.78 is 6.46. The van der Waals surface area contributed by atoms with Gasteiger partial charge in [0, 0.05) is 6.04 Å². The van der Waals surface area contributed by atoms with Gasteiger partial charge in [-0.05, 0) is 43.4 Å². The number of rotatable bonds is 3. The molecular formula is C16H31NO. The molecule has 0 aromatic heterocycles. The Morgan fingerprint density at radius 3 is 2.39 bits per heavy atom. The minimum atomic E-state index is 0.281. The largest absolute Gasteiger partial charge is 0.373 e. The van der Waals surface area contributed by atoms with Crippen LogP contribution < -0.4 is 5.73 Å². The van der Waals surface area contributed by atoms with Crippen molar-refractivity contribution in [1.82, 2.24) is 0 Å². The molecule has 2 heteroatoms. The minimum absolute atomic E-state index is 0.281. The Kier molecular flexibility index (Phi) is 5.08. The molecule has 5 unspecified atom stereocenters. The summed E-state index contributed by atoms with van der Waals surface area (Å²) in [7, 11) is 0. The molecule has 0 aromatic rings. The van der Waals surface area contributed by atoms with E-state index in [4.69, 9.17) is 10.5 Å². The van der Waals surface area contributed by atoms with Gasteiger partial charge in [-0.1, -0.05) is 40.0 Å². The van der Waals surface area contributed by atoms with Crippen LogP contribution in [0.2, 0.25) is 0 Å². The summed E-state index contributed by atoms with van der Waals surface area (Å²) in [4.78, 5) is 0. The van der Waals surface area contributed by atoms with Crippen LogP contribution >= 0.6 is 0 Å². The molecular weight excluding hydrogens is 222 g/mol. The molecule has 0 amide bonds. The Hall–Kier alpha value is -0.0800. The van der Waals surface area contributed by atoms with Gasteiger partial charge in [0.25, 0.3) is 0 Å². The fraction of sp³-hybridized carbons (Fsp3) is 1.00. The standard InChI is InChI=1S/C16H31NO/c1-11(2)13-9-8-12(3)10-16(13)18-15-7-5-4-6-14(15)17/h11-16H,4-10,17H2,1-3H3. The van der Waals surface area contributed by atoms with Crippen LogP contribution in [0.4, 0.5) is 0 Å². The average Bonchev–Trinajstić information content (AvgIpc) is 2.32.